The van der Waals surface area contributed by atoms with Gasteiger partial charge in [-0.15, -0.1) is 0 Å². The predicted molar refractivity (Wildman–Crippen MR) is 78.0 cm³/mol. The third-order valence-electron chi connectivity index (χ3n) is 3.82. The molecule has 1 aliphatic carbocycles. The van der Waals surface area contributed by atoms with E-state index >= 15 is 0 Å². The highest BCUT2D eigenvalue weighted by molar-refractivity contribution is 5.92. The van der Waals surface area contributed by atoms with Crippen LogP contribution in [0.4, 0.5) is 0 Å². The molecule has 1 heterocycles. The van der Waals surface area contributed by atoms with Crippen molar-refractivity contribution in [3.63, 3.8) is 0 Å². The van der Waals surface area contributed by atoms with Crippen molar-refractivity contribution in [2.24, 2.45) is 0 Å². The van der Waals surface area contributed by atoms with Gasteiger partial charge in [0.15, 0.2) is 11.5 Å². The molecule has 1 aromatic carbocycles. The van der Waals surface area contributed by atoms with Crippen LogP contribution in [0.2, 0.25) is 0 Å². The van der Waals surface area contributed by atoms with Gasteiger partial charge in [-0.05, 0) is 49.5 Å². The van der Waals surface area contributed by atoms with Crippen LogP contribution in [0, 0.1) is 0 Å². The maximum absolute atomic E-state index is 11.9. The molecule has 0 radical (unpaired) electrons. The van der Waals surface area contributed by atoms with Crippen LogP contribution in [0.25, 0.3) is 6.08 Å². The van der Waals surface area contributed by atoms with E-state index in [1.165, 1.54) is 6.08 Å². The van der Waals surface area contributed by atoms with Crippen LogP contribution in [-0.2, 0) is 4.79 Å². The fraction of sp³-hybridized carbons (Fsp3) is 0.438. The first-order valence-electron chi connectivity index (χ1n) is 7.27. The average Bonchev–Trinajstić information content (AvgIpc) is 2.92. The average molecular weight is 289 g/mol. The van der Waals surface area contributed by atoms with Gasteiger partial charge in [0.25, 0.3) is 0 Å². The number of rotatable bonds is 3. The molecule has 1 saturated carbocycles. The van der Waals surface area contributed by atoms with Crippen LogP contribution < -0.4 is 14.8 Å². The zero-order chi connectivity index (χ0) is 14.7. The van der Waals surface area contributed by atoms with E-state index in [0.29, 0.717) is 12.2 Å². The molecule has 21 heavy (non-hydrogen) atoms. The largest absolute Gasteiger partial charge is 0.454 e. The summed E-state index contributed by atoms with van der Waals surface area (Å²) >= 11 is 0. The molecule has 112 valence electrons. The fourth-order valence-corrected chi connectivity index (χ4v) is 2.73. The van der Waals surface area contributed by atoms with Gasteiger partial charge in [-0.2, -0.15) is 0 Å². The molecule has 5 nitrogen and oxygen atoms in total. The maximum atomic E-state index is 11.9. The maximum Gasteiger partial charge on any atom is 0.244 e. The van der Waals surface area contributed by atoms with Gasteiger partial charge < -0.3 is 19.9 Å². The zero-order valence-corrected chi connectivity index (χ0v) is 11.7. The Morgan fingerprint density at radius 1 is 1.29 bits per heavy atom. The Labute approximate surface area is 123 Å². The molecule has 0 spiro atoms. The number of nitrogens with one attached hydrogen (secondary N) is 1. The number of hydrogen-bond acceptors (Lipinski definition) is 4. The third-order valence-corrected chi connectivity index (χ3v) is 3.82. The second-order valence-corrected chi connectivity index (χ2v) is 5.47. The van der Waals surface area contributed by atoms with Crippen molar-refractivity contribution < 1.29 is 19.4 Å². The molecule has 3 rings (SSSR count). The number of fused-ring (bicyclic) bond motifs is 1. The zero-order valence-electron chi connectivity index (χ0n) is 11.7. The van der Waals surface area contributed by atoms with Crippen molar-refractivity contribution in [3.8, 4) is 11.5 Å². The Bertz CT molecular complexity index is 555. The number of amides is 1. The first-order chi connectivity index (χ1) is 10.2. The number of aliphatic hydroxyl groups excluding tert-OH is 1. The highest BCUT2D eigenvalue weighted by atomic mass is 16.7. The predicted octanol–water partition coefficient (Wildman–Crippen LogP) is 1.85. The molecule has 2 atom stereocenters. The van der Waals surface area contributed by atoms with Gasteiger partial charge in [0.05, 0.1) is 6.10 Å². The molecule has 5 heteroatoms. The monoisotopic (exact) mass is 289 g/mol. The van der Waals surface area contributed by atoms with E-state index < -0.39 is 0 Å². The second-order valence-electron chi connectivity index (χ2n) is 5.47. The normalized spacial score (nSPS) is 24.2. The Balaban J connectivity index is 1.56. The Morgan fingerprint density at radius 3 is 3.00 bits per heavy atom. The van der Waals surface area contributed by atoms with E-state index in [1.54, 1.807) is 6.08 Å². The van der Waals surface area contributed by atoms with Crippen LogP contribution in [-0.4, -0.2) is 30.0 Å². The molecule has 0 bridgehead atoms. The van der Waals surface area contributed by atoms with Crippen molar-refractivity contribution in [3.05, 3.63) is 29.8 Å². The first kappa shape index (κ1) is 13.9. The number of ether oxygens (including phenoxy) is 2. The van der Waals surface area contributed by atoms with Crippen molar-refractivity contribution in [2.75, 3.05) is 6.79 Å². The molecular weight excluding hydrogens is 270 g/mol. The Morgan fingerprint density at radius 2 is 2.14 bits per heavy atom. The van der Waals surface area contributed by atoms with Crippen molar-refractivity contribution >= 4 is 12.0 Å². The number of carbonyl (C=O) groups is 1. The summed E-state index contributed by atoms with van der Waals surface area (Å²) in [6.07, 6.45) is 6.33. The van der Waals surface area contributed by atoms with Crippen molar-refractivity contribution in [1.29, 1.82) is 0 Å². The lowest BCUT2D eigenvalue weighted by atomic mass is 9.93. The molecule has 1 amide bonds. The standard InChI is InChI=1S/C16H19NO4/c18-13-3-1-2-12(9-13)17-16(19)7-5-11-4-6-14-15(8-11)21-10-20-14/h4-8,12-13,18H,1-3,9-10H2,(H,17,19)/b7-5+/t12-,13+/m0/s1. The summed E-state index contributed by atoms with van der Waals surface area (Å²) in [7, 11) is 0. The smallest absolute Gasteiger partial charge is 0.244 e. The SMILES string of the molecule is O=C(/C=C/c1ccc2c(c1)OCO2)N[C@H]1CCC[C@@H](O)C1. The highest BCUT2D eigenvalue weighted by Gasteiger charge is 2.20. The molecule has 0 saturated heterocycles. The molecule has 2 aliphatic rings. The lowest BCUT2D eigenvalue weighted by molar-refractivity contribution is -0.117. The number of aliphatic hydroxyl groups is 1. The Kier molecular flexibility index (Phi) is 4.10. The second kappa shape index (κ2) is 6.18. The van der Waals surface area contributed by atoms with Crippen LogP contribution in [0.5, 0.6) is 11.5 Å². The molecule has 0 aromatic heterocycles. The van der Waals surface area contributed by atoms with E-state index in [-0.39, 0.29) is 24.8 Å². The fourth-order valence-electron chi connectivity index (χ4n) is 2.73. The first-order valence-corrected chi connectivity index (χ1v) is 7.27. The van der Waals surface area contributed by atoms with Gasteiger partial charge in [0.2, 0.25) is 12.7 Å². The Hall–Kier alpha value is -2.01. The molecule has 2 N–H and O–H groups in total. The van der Waals surface area contributed by atoms with Crippen LogP contribution >= 0.6 is 0 Å². The van der Waals surface area contributed by atoms with E-state index in [0.717, 1.165) is 30.6 Å². The third kappa shape index (κ3) is 3.55. The summed E-state index contributed by atoms with van der Waals surface area (Å²) in [5.41, 5.74) is 0.887. The van der Waals surface area contributed by atoms with Crippen molar-refractivity contribution in [1.82, 2.24) is 5.32 Å². The van der Waals surface area contributed by atoms with Gasteiger partial charge in [0, 0.05) is 12.1 Å². The summed E-state index contributed by atoms with van der Waals surface area (Å²) in [5.74, 6) is 1.30. The molecule has 0 unspecified atom stereocenters. The van der Waals surface area contributed by atoms with E-state index in [9.17, 15) is 9.90 Å². The molecular formula is C16H19NO4. The summed E-state index contributed by atoms with van der Waals surface area (Å²) in [4.78, 5) is 11.9. The van der Waals surface area contributed by atoms with Gasteiger partial charge in [-0.3, -0.25) is 4.79 Å². The van der Waals surface area contributed by atoms with Crippen LogP contribution in [0.3, 0.4) is 0 Å². The van der Waals surface area contributed by atoms with Crippen LogP contribution in [0.15, 0.2) is 24.3 Å². The lowest BCUT2D eigenvalue weighted by Gasteiger charge is -2.26. The van der Waals surface area contributed by atoms with E-state index in [4.69, 9.17) is 9.47 Å². The topological polar surface area (TPSA) is 67.8 Å². The minimum absolute atomic E-state index is 0.0719. The molecule has 1 aromatic rings. The van der Waals surface area contributed by atoms with Gasteiger partial charge in [-0.25, -0.2) is 0 Å². The summed E-state index contributed by atoms with van der Waals surface area (Å²) in [5, 5.41) is 12.5. The molecule has 1 fully saturated rings. The molecule has 1 aliphatic heterocycles. The van der Waals surface area contributed by atoms with Crippen molar-refractivity contribution in [2.45, 2.75) is 37.8 Å². The number of hydrogen-bond donors (Lipinski definition) is 2. The van der Waals surface area contributed by atoms with Crippen LogP contribution in [0.1, 0.15) is 31.2 Å². The number of carbonyl (C=O) groups excluding carboxylic acids is 1. The van der Waals surface area contributed by atoms with Gasteiger partial charge >= 0.3 is 0 Å². The number of benzene rings is 1. The quantitative estimate of drug-likeness (QED) is 0.833. The van der Waals surface area contributed by atoms with E-state index in [2.05, 4.69) is 5.32 Å². The van der Waals surface area contributed by atoms with E-state index in [1.807, 2.05) is 18.2 Å². The minimum Gasteiger partial charge on any atom is -0.454 e. The summed E-state index contributed by atoms with van der Waals surface area (Å²) in [6.45, 7) is 0.243. The van der Waals surface area contributed by atoms with Gasteiger partial charge in [-0.1, -0.05) is 6.07 Å². The minimum atomic E-state index is -0.290. The highest BCUT2D eigenvalue weighted by Crippen LogP contribution is 2.32. The lowest BCUT2D eigenvalue weighted by Crippen LogP contribution is -2.38. The van der Waals surface area contributed by atoms with Gasteiger partial charge in [0.1, 0.15) is 0 Å². The summed E-state index contributed by atoms with van der Waals surface area (Å²) in [6, 6.07) is 5.62. The summed E-state index contributed by atoms with van der Waals surface area (Å²) < 4.78 is 10.5.